The van der Waals surface area contributed by atoms with Crippen LogP contribution in [-0.4, -0.2) is 34.1 Å². The van der Waals surface area contributed by atoms with Crippen molar-refractivity contribution in [2.45, 2.75) is 58.0 Å². The van der Waals surface area contributed by atoms with Crippen molar-refractivity contribution in [1.29, 1.82) is 0 Å². The summed E-state index contributed by atoms with van der Waals surface area (Å²) in [6.45, 7) is 4.79. The first kappa shape index (κ1) is 12.2. The van der Waals surface area contributed by atoms with E-state index in [1.54, 1.807) is 0 Å². The Hall–Kier alpha value is -0.830. The van der Waals surface area contributed by atoms with Crippen LogP contribution < -0.4 is 0 Å². The Morgan fingerprint density at radius 1 is 1.28 bits per heavy atom. The average molecular weight is 247 g/mol. The van der Waals surface area contributed by atoms with E-state index in [4.69, 9.17) is 4.98 Å². The Bertz CT molecular complexity index is 410. The van der Waals surface area contributed by atoms with Gasteiger partial charge in [-0.25, -0.2) is 4.98 Å². The number of likely N-dealkylation sites (tertiary alicyclic amines) is 1. The smallest absolute Gasteiger partial charge is 0.110 e. The van der Waals surface area contributed by atoms with E-state index in [1.165, 1.54) is 56.7 Å². The van der Waals surface area contributed by atoms with Crippen molar-refractivity contribution < 1.29 is 0 Å². The van der Waals surface area contributed by atoms with Crippen LogP contribution in [0, 0.1) is 5.92 Å². The molecule has 0 radical (unpaired) electrons. The fraction of sp³-hybridized carbons (Fsp3) is 0.800. The molecular weight excluding hydrogens is 222 g/mol. The van der Waals surface area contributed by atoms with Gasteiger partial charge in [0.1, 0.15) is 5.82 Å². The van der Waals surface area contributed by atoms with Crippen LogP contribution in [0.3, 0.4) is 0 Å². The predicted molar refractivity (Wildman–Crippen MR) is 73.7 cm³/mol. The summed E-state index contributed by atoms with van der Waals surface area (Å²) in [4.78, 5) is 7.22. The minimum Gasteiger partial charge on any atom is -0.332 e. The van der Waals surface area contributed by atoms with Crippen molar-refractivity contribution >= 4 is 0 Å². The zero-order chi connectivity index (χ0) is 12.5. The average Bonchev–Trinajstić information content (AvgIpc) is 2.74. The number of hydrogen-bond donors (Lipinski definition) is 0. The van der Waals surface area contributed by atoms with Crippen LogP contribution in [0.15, 0.2) is 6.20 Å². The summed E-state index contributed by atoms with van der Waals surface area (Å²) in [6.07, 6.45) is 9.89. The van der Waals surface area contributed by atoms with Crippen LogP contribution in [-0.2, 0) is 19.4 Å². The highest BCUT2D eigenvalue weighted by molar-refractivity contribution is 5.10. The molecule has 0 aromatic carbocycles. The third-order valence-electron chi connectivity index (χ3n) is 4.76. The van der Waals surface area contributed by atoms with E-state index < -0.39 is 0 Å². The molecule has 2 aliphatic heterocycles. The molecule has 1 saturated heterocycles. The van der Waals surface area contributed by atoms with Crippen LogP contribution in [0.25, 0.3) is 0 Å². The molecule has 2 unspecified atom stereocenters. The van der Waals surface area contributed by atoms with Gasteiger partial charge in [-0.2, -0.15) is 0 Å². The Morgan fingerprint density at radius 3 is 3.00 bits per heavy atom. The number of piperidine rings is 1. The maximum Gasteiger partial charge on any atom is 0.110 e. The Kier molecular flexibility index (Phi) is 3.42. The molecule has 2 atom stereocenters. The molecule has 1 aromatic heterocycles. The lowest BCUT2D eigenvalue weighted by atomic mass is 9.97. The van der Waals surface area contributed by atoms with Crippen molar-refractivity contribution in [3.8, 4) is 0 Å². The predicted octanol–water partition coefficient (Wildman–Crippen LogP) is 2.49. The van der Waals surface area contributed by atoms with Gasteiger partial charge in [0.05, 0.1) is 0 Å². The molecule has 0 aliphatic carbocycles. The standard InChI is InChI=1S/C15H25N3/c1-12-6-8-18-14(9-12)11-16-15(18)10-13-5-3-4-7-17(13)2/h11-13H,3-10H2,1-2H3. The summed E-state index contributed by atoms with van der Waals surface area (Å²) in [7, 11) is 2.27. The van der Waals surface area contributed by atoms with Crippen LogP contribution in [0.1, 0.15) is 44.1 Å². The zero-order valence-electron chi connectivity index (χ0n) is 11.7. The summed E-state index contributed by atoms with van der Waals surface area (Å²) in [5.41, 5.74) is 1.46. The van der Waals surface area contributed by atoms with Gasteiger partial charge in [0.2, 0.25) is 0 Å². The van der Waals surface area contributed by atoms with Gasteiger partial charge in [-0.1, -0.05) is 13.3 Å². The number of likely N-dealkylation sites (N-methyl/N-ethyl adjacent to an activating group) is 1. The van der Waals surface area contributed by atoms with Crippen LogP contribution in [0.5, 0.6) is 0 Å². The third-order valence-corrected chi connectivity index (χ3v) is 4.76. The molecule has 100 valence electrons. The molecule has 0 amide bonds. The van der Waals surface area contributed by atoms with Crippen molar-refractivity contribution in [1.82, 2.24) is 14.5 Å². The normalized spacial score (nSPS) is 29.2. The monoisotopic (exact) mass is 247 g/mol. The first-order chi connectivity index (χ1) is 8.74. The topological polar surface area (TPSA) is 21.1 Å². The highest BCUT2D eigenvalue weighted by atomic mass is 15.2. The maximum atomic E-state index is 4.70. The van der Waals surface area contributed by atoms with Gasteiger partial charge < -0.3 is 9.47 Å². The molecule has 0 saturated carbocycles. The first-order valence-electron chi connectivity index (χ1n) is 7.47. The van der Waals surface area contributed by atoms with E-state index in [9.17, 15) is 0 Å². The summed E-state index contributed by atoms with van der Waals surface area (Å²) in [5, 5.41) is 0. The lowest BCUT2D eigenvalue weighted by Crippen LogP contribution is -2.38. The SMILES string of the molecule is CC1CCn2c(cnc2CC2CCCCN2C)C1. The molecule has 0 bridgehead atoms. The van der Waals surface area contributed by atoms with E-state index in [0.717, 1.165) is 12.3 Å². The molecule has 2 aliphatic rings. The molecule has 3 heterocycles. The Labute approximate surface area is 110 Å². The minimum absolute atomic E-state index is 0.713. The van der Waals surface area contributed by atoms with Crippen LogP contribution in [0.2, 0.25) is 0 Å². The van der Waals surface area contributed by atoms with E-state index in [-0.39, 0.29) is 0 Å². The van der Waals surface area contributed by atoms with Gasteiger partial charge >= 0.3 is 0 Å². The van der Waals surface area contributed by atoms with Gasteiger partial charge in [0.25, 0.3) is 0 Å². The maximum absolute atomic E-state index is 4.70. The number of nitrogens with zero attached hydrogens (tertiary/aromatic N) is 3. The Morgan fingerprint density at radius 2 is 2.17 bits per heavy atom. The van der Waals surface area contributed by atoms with E-state index >= 15 is 0 Å². The molecule has 1 aromatic rings. The third kappa shape index (κ3) is 2.33. The minimum atomic E-state index is 0.713. The lowest BCUT2D eigenvalue weighted by Gasteiger charge is -2.32. The fourth-order valence-corrected chi connectivity index (χ4v) is 3.47. The van der Waals surface area contributed by atoms with Crippen molar-refractivity contribution in [3.63, 3.8) is 0 Å². The molecule has 1 fully saturated rings. The van der Waals surface area contributed by atoms with Gasteiger partial charge in [-0.05, 0) is 45.2 Å². The van der Waals surface area contributed by atoms with Crippen molar-refractivity contribution in [2.75, 3.05) is 13.6 Å². The molecule has 0 N–H and O–H groups in total. The molecule has 18 heavy (non-hydrogen) atoms. The molecule has 3 heteroatoms. The largest absolute Gasteiger partial charge is 0.332 e. The quantitative estimate of drug-likeness (QED) is 0.800. The number of fused-ring (bicyclic) bond motifs is 1. The van der Waals surface area contributed by atoms with Crippen molar-refractivity contribution in [2.24, 2.45) is 5.92 Å². The van der Waals surface area contributed by atoms with Gasteiger partial charge in [-0.3, -0.25) is 0 Å². The molecule has 0 spiro atoms. The first-order valence-corrected chi connectivity index (χ1v) is 7.47. The number of aromatic nitrogens is 2. The van der Waals surface area contributed by atoms with E-state index in [2.05, 4.69) is 29.6 Å². The molecule has 3 nitrogen and oxygen atoms in total. The number of imidazole rings is 1. The summed E-state index contributed by atoms with van der Waals surface area (Å²) in [5.74, 6) is 2.16. The molecular formula is C15H25N3. The van der Waals surface area contributed by atoms with E-state index in [0.29, 0.717) is 6.04 Å². The highest BCUT2D eigenvalue weighted by Gasteiger charge is 2.24. The van der Waals surface area contributed by atoms with Gasteiger partial charge in [0.15, 0.2) is 0 Å². The molecule has 3 rings (SSSR count). The van der Waals surface area contributed by atoms with Gasteiger partial charge in [-0.15, -0.1) is 0 Å². The fourth-order valence-electron chi connectivity index (χ4n) is 3.47. The summed E-state index contributed by atoms with van der Waals surface area (Å²) in [6, 6.07) is 0.713. The van der Waals surface area contributed by atoms with Crippen LogP contribution >= 0.6 is 0 Å². The van der Waals surface area contributed by atoms with Gasteiger partial charge in [0, 0.05) is 30.9 Å². The van der Waals surface area contributed by atoms with E-state index in [1.807, 2.05) is 0 Å². The second kappa shape index (κ2) is 5.04. The number of hydrogen-bond acceptors (Lipinski definition) is 2. The second-order valence-corrected chi connectivity index (χ2v) is 6.25. The zero-order valence-corrected chi connectivity index (χ0v) is 11.7. The van der Waals surface area contributed by atoms with Crippen LogP contribution in [0.4, 0.5) is 0 Å². The summed E-state index contributed by atoms with van der Waals surface area (Å²) < 4.78 is 2.49. The lowest BCUT2D eigenvalue weighted by molar-refractivity contribution is 0.181. The highest BCUT2D eigenvalue weighted by Crippen LogP contribution is 2.24. The summed E-state index contributed by atoms with van der Waals surface area (Å²) >= 11 is 0. The Balaban J connectivity index is 1.73. The number of rotatable bonds is 2. The second-order valence-electron chi connectivity index (χ2n) is 6.25. The van der Waals surface area contributed by atoms with Crippen molar-refractivity contribution in [3.05, 3.63) is 17.7 Å².